The van der Waals surface area contributed by atoms with Crippen molar-refractivity contribution in [1.29, 1.82) is 0 Å². The molecule has 0 atom stereocenters. The Balaban J connectivity index is 1.69. The molecule has 1 fully saturated rings. The van der Waals surface area contributed by atoms with Gasteiger partial charge in [0.05, 0.1) is 0 Å². The van der Waals surface area contributed by atoms with E-state index < -0.39 is 0 Å². The Morgan fingerprint density at radius 2 is 1.76 bits per heavy atom. The van der Waals surface area contributed by atoms with Crippen LogP contribution >= 0.6 is 0 Å². The van der Waals surface area contributed by atoms with Crippen LogP contribution in [0.4, 0.5) is 26.4 Å². The molecule has 0 aliphatic carbocycles. The molecule has 150 valence electrons. The third kappa shape index (κ3) is 4.23. The fourth-order valence-electron chi connectivity index (χ4n) is 3.69. The normalized spacial score (nSPS) is 13.9. The van der Waals surface area contributed by atoms with Gasteiger partial charge < -0.3 is 10.2 Å². The minimum atomic E-state index is -0.344. The number of para-hydroxylation sites is 1. The van der Waals surface area contributed by atoms with E-state index in [0.29, 0.717) is 22.8 Å². The summed E-state index contributed by atoms with van der Waals surface area (Å²) < 4.78 is 15.5. The van der Waals surface area contributed by atoms with Crippen LogP contribution in [-0.4, -0.2) is 28.9 Å². The Morgan fingerprint density at radius 3 is 2.48 bits per heavy atom. The number of urea groups is 1. The zero-order chi connectivity index (χ0) is 20.2. The third-order valence-electron chi connectivity index (χ3n) is 5.06. The zero-order valence-electron chi connectivity index (χ0n) is 16.4. The molecule has 2 amide bonds. The maximum Gasteiger partial charge on any atom is 0.324 e. The second-order valence-corrected chi connectivity index (χ2v) is 7.17. The number of hydrogen-bond donors (Lipinski definition) is 2. The zero-order valence-corrected chi connectivity index (χ0v) is 16.4. The molecule has 0 radical (unpaired) electrons. The Kier molecular flexibility index (Phi) is 5.46. The second kappa shape index (κ2) is 8.34. The van der Waals surface area contributed by atoms with Gasteiger partial charge >= 0.3 is 6.03 Å². The molecule has 7 heteroatoms. The van der Waals surface area contributed by atoms with Gasteiger partial charge in [0.15, 0.2) is 5.82 Å². The van der Waals surface area contributed by atoms with Gasteiger partial charge in [0.1, 0.15) is 17.2 Å². The van der Waals surface area contributed by atoms with Gasteiger partial charge in [-0.1, -0.05) is 30.3 Å². The molecular weight excluding hydrogens is 369 g/mol. The number of nitrogens with zero attached hydrogens (tertiary/aromatic N) is 3. The highest BCUT2D eigenvalue weighted by Crippen LogP contribution is 2.38. The molecule has 0 saturated carbocycles. The van der Waals surface area contributed by atoms with E-state index in [4.69, 9.17) is 0 Å². The van der Waals surface area contributed by atoms with Crippen LogP contribution in [0.1, 0.15) is 19.3 Å². The molecule has 0 bridgehead atoms. The molecule has 1 saturated heterocycles. The minimum absolute atomic E-state index is 0.311. The molecular formula is C22H24FN5O. The Morgan fingerprint density at radius 1 is 1.00 bits per heavy atom. The summed E-state index contributed by atoms with van der Waals surface area (Å²) in [7, 11) is 1.79. The van der Waals surface area contributed by atoms with E-state index in [9.17, 15) is 9.18 Å². The minimum Gasteiger partial charge on any atom is -0.367 e. The number of benzene rings is 2. The van der Waals surface area contributed by atoms with Crippen LogP contribution in [0.25, 0.3) is 11.3 Å². The molecule has 29 heavy (non-hydrogen) atoms. The summed E-state index contributed by atoms with van der Waals surface area (Å²) in [6.07, 6.45) is 3.34. The van der Waals surface area contributed by atoms with Crippen molar-refractivity contribution in [3.63, 3.8) is 0 Å². The molecule has 2 aromatic carbocycles. The van der Waals surface area contributed by atoms with Gasteiger partial charge in [-0.05, 0) is 43.5 Å². The van der Waals surface area contributed by atoms with Crippen molar-refractivity contribution >= 4 is 23.2 Å². The van der Waals surface area contributed by atoms with Crippen LogP contribution in [-0.2, 0) is 7.05 Å². The number of hydrogen-bond acceptors (Lipinski definition) is 3. The highest BCUT2D eigenvalue weighted by molar-refractivity contribution is 6.02. The summed E-state index contributed by atoms with van der Waals surface area (Å²) in [6, 6.07) is 15.3. The molecule has 1 aromatic heterocycles. The second-order valence-electron chi connectivity index (χ2n) is 7.17. The van der Waals surface area contributed by atoms with E-state index in [1.54, 1.807) is 17.8 Å². The summed E-state index contributed by atoms with van der Waals surface area (Å²) in [5.41, 5.74) is 2.90. The molecule has 0 spiro atoms. The van der Waals surface area contributed by atoms with Crippen LogP contribution in [0.2, 0.25) is 0 Å². The van der Waals surface area contributed by atoms with Crippen molar-refractivity contribution in [2.75, 3.05) is 28.6 Å². The van der Waals surface area contributed by atoms with Gasteiger partial charge in [0, 0.05) is 31.4 Å². The van der Waals surface area contributed by atoms with E-state index >= 15 is 0 Å². The number of amides is 2. The summed E-state index contributed by atoms with van der Waals surface area (Å²) in [4.78, 5) is 14.9. The van der Waals surface area contributed by atoms with Gasteiger partial charge in [-0.15, -0.1) is 0 Å². The number of piperidine rings is 1. The molecule has 2 heterocycles. The fourth-order valence-corrected chi connectivity index (χ4v) is 3.69. The topological polar surface area (TPSA) is 62.2 Å². The van der Waals surface area contributed by atoms with E-state index in [2.05, 4.69) is 20.6 Å². The van der Waals surface area contributed by atoms with Crippen molar-refractivity contribution in [2.45, 2.75) is 19.3 Å². The highest BCUT2D eigenvalue weighted by Gasteiger charge is 2.25. The first kappa shape index (κ1) is 19.0. The third-order valence-corrected chi connectivity index (χ3v) is 5.06. The predicted octanol–water partition coefficient (Wildman–Crippen LogP) is 4.86. The lowest BCUT2D eigenvalue weighted by atomic mass is 10.1. The molecule has 4 rings (SSSR count). The lowest BCUT2D eigenvalue weighted by molar-refractivity contribution is 0.262. The number of carbonyl (C=O) groups excluding carboxylic acids is 1. The standard InChI is InChI=1S/C22H24FN5O/c1-27-21(25-22(29)24-18-11-4-2-5-12-18)20(28-13-6-3-7-14-28)19(26-27)16-9-8-10-17(23)15-16/h2,4-5,8-12,15H,3,6-7,13-14H2,1H3,(H2,24,25,29). The Hall–Kier alpha value is -3.35. The van der Waals surface area contributed by atoms with Crippen molar-refractivity contribution < 1.29 is 9.18 Å². The van der Waals surface area contributed by atoms with E-state index in [1.165, 1.54) is 18.6 Å². The quantitative estimate of drug-likeness (QED) is 0.665. The van der Waals surface area contributed by atoms with Crippen LogP contribution in [0.15, 0.2) is 54.6 Å². The van der Waals surface area contributed by atoms with Crippen LogP contribution < -0.4 is 15.5 Å². The van der Waals surface area contributed by atoms with E-state index in [0.717, 1.165) is 31.6 Å². The number of halogens is 1. The SMILES string of the molecule is Cn1nc(-c2cccc(F)c2)c(N2CCCCC2)c1NC(=O)Nc1ccccc1. The van der Waals surface area contributed by atoms with Crippen LogP contribution in [0, 0.1) is 5.82 Å². The monoisotopic (exact) mass is 393 g/mol. The van der Waals surface area contributed by atoms with Crippen LogP contribution in [0.3, 0.4) is 0 Å². The first-order valence-corrected chi connectivity index (χ1v) is 9.83. The molecule has 2 N–H and O–H groups in total. The van der Waals surface area contributed by atoms with Crippen molar-refractivity contribution in [2.24, 2.45) is 7.05 Å². The summed E-state index contributed by atoms with van der Waals surface area (Å²) in [6.45, 7) is 1.76. The van der Waals surface area contributed by atoms with Gasteiger partial charge in [0.25, 0.3) is 0 Å². The van der Waals surface area contributed by atoms with Gasteiger partial charge in [0.2, 0.25) is 0 Å². The Bertz CT molecular complexity index is 996. The maximum atomic E-state index is 13.9. The molecule has 0 unspecified atom stereocenters. The number of carbonyl (C=O) groups is 1. The lowest BCUT2D eigenvalue weighted by Gasteiger charge is -2.29. The number of aromatic nitrogens is 2. The largest absolute Gasteiger partial charge is 0.367 e. The van der Waals surface area contributed by atoms with Crippen LogP contribution in [0.5, 0.6) is 0 Å². The number of anilines is 3. The highest BCUT2D eigenvalue weighted by atomic mass is 19.1. The number of rotatable bonds is 4. The number of aryl methyl sites for hydroxylation is 1. The van der Waals surface area contributed by atoms with E-state index in [-0.39, 0.29) is 11.8 Å². The summed E-state index contributed by atoms with van der Waals surface area (Å²) >= 11 is 0. The smallest absolute Gasteiger partial charge is 0.324 e. The van der Waals surface area contributed by atoms with Gasteiger partial charge in [-0.25, -0.2) is 13.9 Å². The first-order valence-electron chi connectivity index (χ1n) is 9.83. The summed E-state index contributed by atoms with van der Waals surface area (Å²) in [5, 5.41) is 10.4. The molecule has 3 aromatic rings. The lowest BCUT2D eigenvalue weighted by Crippen LogP contribution is -2.31. The van der Waals surface area contributed by atoms with Gasteiger partial charge in [-0.2, -0.15) is 5.10 Å². The number of nitrogens with one attached hydrogen (secondary N) is 2. The van der Waals surface area contributed by atoms with Gasteiger partial charge in [-0.3, -0.25) is 5.32 Å². The Labute approximate surface area is 169 Å². The fraction of sp³-hybridized carbons (Fsp3) is 0.273. The molecule has 1 aliphatic heterocycles. The molecule has 1 aliphatic rings. The molecule has 6 nitrogen and oxygen atoms in total. The van der Waals surface area contributed by atoms with Crippen molar-refractivity contribution in [3.8, 4) is 11.3 Å². The average Bonchev–Trinajstić information content (AvgIpc) is 3.05. The first-order chi connectivity index (χ1) is 14.1. The van der Waals surface area contributed by atoms with E-state index in [1.807, 2.05) is 36.4 Å². The summed E-state index contributed by atoms with van der Waals surface area (Å²) in [5.74, 6) is 0.286. The average molecular weight is 393 g/mol. The van der Waals surface area contributed by atoms with Crippen molar-refractivity contribution in [3.05, 3.63) is 60.4 Å². The van der Waals surface area contributed by atoms with Crippen molar-refractivity contribution in [1.82, 2.24) is 9.78 Å². The maximum absolute atomic E-state index is 13.9. The predicted molar refractivity (Wildman–Crippen MR) is 114 cm³/mol.